The van der Waals surface area contributed by atoms with Crippen molar-refractivity contribution < 1.29 is 14.3 Å². The highest BCUT2D eigenvalue weighted by Crippen LogP contribution is 2.21. The number of esters is 1. The molecule has 1 aliphatic heterocycles. The number of carbonyl (C=O) groups excluding carboxylic acids is 2. The van der Waals surface area contributed by atoms with Gasteiger partial charge in [0.05, 0.1) is 18.7 Å². The van der Waals surface area contributed by atoms with E-state index in [0.717, 1.165) is 0 Å². The fraction of sp³-hybridized carbons (Fsp3) is 0.444. The molecule has 6 nitrogen and oxygen atoms in total. The van der Waals surface area contributed by atoms with Crippen LogP contribution in [0.4, 0.5) is 4.79 Å². The number of urea groups is 1. The molecule has 0 aromatic heterocycles. The summed E-state index contributed by atoms with van der Waals surface area (Å²) in [5.41, 5.74) is 2.20. The van der Waals surface area contributed by atoms with Gasteiger partial charge >= 0.3 is 12.0 Å². The van der Waals surface area contributed by atoms with Gasteiger partial charge in [0.1, 0.15) is 0 Å². The van der Waals surface area contributed by atoms with Crippen LogP contribution in [0.1, 0.15) is 32.4 Å². The van der Waals surface area contributed by atoms with Gasteiger partial charge in [-0.05, 0) is 18.4 Å². The van der Waals surface area contributed by atoms with Crippen molar-refractivity contribution >= 4 is 12.0 Å². The summed E-state index contributed by atoms with van der Waals surface area (Å²) in [6, 6.07) is 9.94. The van der Waals surface area contributed by atoms with Crippen LogP contribution >= 0.6 is 0 Å². The standard InChI is InChI=1S/C18H25N3O3/c1-4-24-17(22)14-10-20-18(23)21-15(14)11-19-16(12(2)3)13-8-6-5-7-9-13/h5-9,12,16,19H,4,10-11H2,1-3H3,(H2,20,21,23)/t16-/m0/s1. The van der Waals surface area contributed by atoms with Gasteiger partial charge in [0.2, 0.25) is 0 Å². The maximum Gasteiger partial charge on any atom is 0.337 e. The van der Waals surface area contributed by atoms with Crippen molar-refractivity contribution in [1.29, 1.82) is 0 Å². The van der Waals surface area contributed by atoms with E-state index in [9.17, 15) is 9.59 Å². The zero-order chi connectivity index (χ0) is 17.5. The van der Waals surface area contributed by atoms with Crippen LogP contribution in [0, 0.1) is 5.92 Å². The summed E-state index contributed by atoms with van der Waals surface area (Å²) >= 11 is 0. The summed E-state index contributed by atoms with van der Waals surface area (Å²) in [5, 5.41) is 8.77. The molecule has 130 valence electrons. The van der Waals surface area contributed by atoms with E-state index >= 15 is 0 Å². The molecular weight excluding hydrogens is 306 g/mol. The topological polar surface area (TPSA) is 79.5 Å². The molecule has 1 heterocycles. The van der Waals surface area contributed by atoms with Crippen LogP contribution in [-0.2, 0) is 9.53 Å². The predicted octanol–water partition coefficient (Wildman–Crippen LogP) is 2.10. The van der Waals surface area contributed by atoms with Crippen LogP contribution < -0.4 is 16.0 Å². The first-order chi connectivity index (χ1) is 11.5. The molecule has 0 bridgehead atoms. The van der Waals surface area contributed by atoms with Gasteiger partial charge in [0, 0.05) is 18.3 Å². The molecule has 2 amide bonds. The lowest BCUT2D eigenvalue weighted by atomic mass is 9.96. The third-order valence-electron chi connectivity index (χ3n) is 3.90. The van der Waals surface area contributed by atoms with Gasteiger partial charge in [-0.1, -0.05) is 44.2 Å². The van der Waals surface area contributed by atoms with Crippen molar-refractivity contribution in [2.24, 2.45) is 5.92 Å². The van der Waals surface area contributed by atoms with Gasteiger partial charge in [-0.25, -0.2) is 9.59 Å². The first-order valence-electron chi connectivity index (χ1n) is 8.25. The van der Waals surface area contributed by atoms with E-state index in [2.05, 4.69) is 41.9 Å². The number of hydrogen-bond donors (Lipinski definition) is 3. The van der Waals surface area contributed by atoms with Gasteiger partial charge in [-0.3, -0.25) is 0 Å². The highest BCUT2D eigenvalue weighted by molar-refractivity contribution is 5.93. The van der Waals surface area contributed by atoms with Gasteiger partial charge < -0.3 is 20.7 Å². The SMILES string of the molecule is CCOC(=O)C1=C(CN[C@H](c2ccccc2)C(C)C)NC(=O)NC1. The summed E-state index contributed by atoms with van der Waals surface area (Å²) in [7, 11) is 0. The summed E-state index contributed by atoms with van der Waals surface area (Å²) in [6.07, 6.45) is 0. The highest BCUT2D eigenvalue weighted by atomic mass is 16.5. The van der Waals surface area contributed by atoms with Crippen LogP contribution in [0.5, 0.6) is 0 Å². The molecule has 1 aromatic rings. The number of benzene rings is 1. The Morgan fingerprint density at radius 2 is 2.00 bits per heavy atom. The lowest BCUT2D eigenvalue weighted by Crippen LogP contribution is -2.46. The quantitative estimate of drug-likeness (QED) is 0.669. The first-order valence-corrected chi connectivity index (χ1v) is 8.25. The number of amides is 2. The van der Waals surface area contributed by atoms with Crippen LogP contribution in [0.25, 0.3) is 0 Å². The van der Waals surface area contributed by atoms with E-state index in [-0.39, 0.29) is 18.6 Å². The molecule has 0 saturated carbocycles. The zero-order valence-electron chi connectivity index (χ0n) is 14.4. The molecular formula is C18H25N3O3. The number of carbonyl (C=O) groups is 2. The maximum absolute atomic E-state index is 12.1. The summed E-state index contributed by atoms with van der Waals surface area (Å²) < 4.78 is 5.07. The van der Waals surface area contributed by atoms with E-state index in [1.165, 1.54) is 5.56 Å². The highest BCUT2D eigenvalue weighted by Gasteiger charge is 2.24. The largest absolute Gasteiger partial charge is 0.463 e. The molecule has 0 fully saturated rings. The van der Waals surface area contributed by atoms with E-state index in [4.69, 9.17) is 4.74 Å². The second-order valence-corrected chi connectivity index (χ2v) is 6.00. The Hall–Kier alpha value is -2.34. The van der Waals surface area contributed by atoms with E-state index in [0.29, 0.717) is 30.3 Å². The van der Waals surface area contributed by atoms with E-state index in [1.807, 2.05) is 18.2 Å². The molecule has 3 N–H and O–H groups in total. The first kappa shape index (κ1) is 18.0. The molecule has 0 saturated heterocycles. The average Bonchev–Trinajstić information content (AvgIpc) is 2.56. The van der Waals surface area contributed by atoms with Crippen LogP contribution in [-0.4, -0.2) is 31.7 Å². The molecule has 0 radical (unpaired) electrons. The summed E-state index contributed by atoms with van der Waals surface area (Å²) in [6.45, 7) is 6.89. The summed E-state index contributed by atoms with van der Waals surface area (Å²) in [4.78, 5) is 23.7. The van der Waals surface area contributed by atoms with Crippen molar-refractivity contribution in [3.05, 3.63) is 47.2 Å². The molecule has 6 heteroatoms. The number of rotatable bonds is 7. The van der Waals surface area contributed by atoms with E-state index < -0.39 is 5.97 Å². The second kappa shape index (κ2) is 8.49. The van der Waals surface area contributed by atoms with Gasteiger partial charge in [0.15, 0.2) is 0 Å². The van der Waals surface area contributed by atoms with Crippen LogP contribution in [0.3, 0.4) is 0 Å². The van der Waals surface area contributed by atoms with Crippen molar-refractivity contribution in [3.63, 3.8) is 0 Å². The lowest BCUT2D eigenvalue weighted by molar-refractivity contribution is -0.138. The molecule has 2 rings (SSSR count). The Balaban J connectivity index is 2.15. The minimum atomic E-state index is -0.400. The molecule has 1 aromatic carbocycles. The Morgan fingerprint density at radius 3 is 2.62 bits per heavy atom. The third kappa shape index (κ3) is 4.58. The predicted molar refractivity (Wildman–Crippen MR) is 92.2 cm³/mol. The van der Waals surface area contributed by atoms with Crippen molar-refractivity contribution in [3.8, 4) is 0 Å². The molecule has 0 spiro atoms. The summed E-state index contributed by atoms with van der Waals surface area (Å²) in [5.74, 6) is -0.0425. The Kier molecular flexibility index (Phi) is 6.37. The van der Waals surface area contributed by atoms with E-state index in [1.54, 1.807) is 6.92 Å². The third-order valence-corrected chi connectivity index (χ3v) is 3.90. The van der Waals surface area contributed by atoms with Gasteiger partial charge in [-0.2, -0.15) is 0 Å². The number of ether oxygens (including phenoxy) is 1. The fourth-order valence-electron chi connectivity index (χ4n) is 2.71. The van der Waals surface area contributed by atoms with Crippen molar-refractivity contribution in [2.45, 2.75) is 26.8 Å². The number of nitrogens with one attached hydrogen (secondary N) is 3. The Morgan fingerprint density at radius 1 is 1.29 bits per heavy atom. The number of hydrogen-bond acceptors (Lipinski definition) is 4. The smallest absolute Gasteiger partial charge is 0.337 e. The maximum atomic E-state index is 12.1. The lowest BCUT2D eigenvalue weighted by Gasteiger charge is -2.26. The van der Waals surface area contributed by atoms with Crippen LogP contribution in [0.2, 0.25) is 0 Å². The minimum absolute atomic E-state index is 0.119. The monoisotopic (exact) mass is 331 g/mol. The minimum Gasteiger partial charge on any atom is -0.463 e. The van der Waals surface area contributed by atoms with Gasteiger partial charge in [-0.15, -0.1) is 0 Å². The fourth-order valence-corrected chi connectivity index (χ4v) is 2.71. The van der Waals surface area contributed by atoms with Gasteiger partial charge in [0.25, 0.3) is 0 Å². The second-order valence-electron chi connectivity index (χ2n) is 6.00. The normalized spacial score (nSPS) is 15.8. The zero-order valence-corrected chi connectivity index (χ0v) is 14.4. The van der Waals surface area contributed by atoms with Crippen LogP contribution in [0.15, 0.2) is 41.6 Å². The van der Waals surface area contributed by atoms with Crippen molar-refractivity contribution in [2.75, 3.05) is 19.7 Å². The van der Waals surface area contributed by atoms with Crippen molar-refractivity contribution in [1.82, 2.24) is 16.0 Å². The molecule has 0 aliphatic carbocycles. The Bertz CT molecular complexity index is 611. The Labute approximate surface area is 142 Å². The molecule has 24 heavy (non-hydrogen) atoms. The molecule has 1 aliphatic rings. The average molecular weight is 331 g/mol. The molecule has 0 unspecified atom stereocenters. The molecule has 1 atom stereocenters.